The molecule has 0 atom stereocenters. The van der Waals surface area contributed by atoms with E-state index in [2.05, 4.69) is 35.5 Å². The summed E-state index contributed by atoms with van der Waals surface area (Å²) in [5.74, 6) is 0.00419. The molecule has 0 spiro atoms. The molecule has 0 aliphatic carbocycles. The van der Waals surface area contributed by atoms with E-state index < -0.39 is 0 Å². The van der Waals surface area contributed by atoms with E-state index in [0.29, 0.717) is 39.6 Å². The molecule has 2 aromatic carbocycles. The standard InChI is InChI=1S/C30H19FN8O/c31-20-8-6-17(7-9-20)22-10-11-33-28-26(22)36-29(37-28)27-23-13-24(34-16-25(23)38-39-27)19-12-21(15-32-14-19)35-30(40)18-4-2-1-3-5-18/h1-16H,(H,35,40)(H,38,39)(H,33,36,37). The number of H-pyrrole nitrogens is 2. The largest absolute Gasteiger partial charge is 0.321 e. The maximum Gasteiger partial charge on any atom is 0.255 e. The molecule has 7 rings (SSSR count). The summed E-state index contributed by atoms with van der Waals surface area (Å²) in [5.41, 5.74) is 6.72. The van der Waals surface area contributed by atoms with Crippen LogP contribution in [0.5, 0.6) is 0 Å². The molecule has 0 aliphatic heterocycles. The average Bonchev–Trinajstić information content (AvgIpc) is 3.62. The zero-order valence-corrected chi connectivity index (χ0v) is 20.8. The van der Waals surface area contributed by atoms with E-state index in [1.165, 1.54) is 12.1 Å². The van der Waals surface area contributed by atoms with Crippen LogP contribution in [-0.2, 0) is 0 Å². The highest BCUT2D eigenvalue weighted by Crippen LogP contribution is 2.32. The van der Waals surface area contributed by atoms with Crippen LogP contribution in [0.25, 0.3) is 56.0 Å². The number of hydrogen-bond acceptors (Lipinski definition) is 6. The van der Waals surface area contributed by atoms with Crippen LogP contribution in [0, 0.1) is 5.82 Å². The SMILES string of the molecule is O=C(Nc1cncc(-c2cc3c(-c4nc5c(-c6ccc(F)cc6)ccnc5[nH]4)n[nH]c3cn2)c1)c1ccccc1. The number of rotatable bonds is 5. The molecule has 0 radical (unpaired) electrons. The molecular formula is C30H19FN8O. The molecular weight excluding hydrogens is 507 g/mol. The topological polar surface area (TPSA) is 125 Å². The summed E-state index contributed by atoms with van der Waals surface area (Å²) < 4.78 is 13.5. The fourth-order valence-corrected chi connectivity index (χ4v) is 4.58. The molecule has 9 nitrogen and oxygen atoms in total. The summed E-state index contributed by atoms with van der Waals surface area (Å²) in [7, 11) is 0. The molecule has 0 unspecified atom stereocenters. The number of carbonyl (C=O) groups excluding carboxylic acids is 1. The highest BCUT2D eigenvalue weighted by molar-refractivity contribution is 6.04. The van der Waals surface area contributed by atoms with Gasteiger partial charge in [-0.3, -0.25) is 19.9 Å². The smallest absolute Gasteiger partial charge is 0.255 e. The van der Waals surface area contributed by atoms with E-state index in [1.807, 2.05) is 36.4 Å². The monoisotopic (exact) mass is 526 g/mol. The number of benzene rings is 2. The molecule has 5 heterocycles. The molecule has 0 fully saturated rings. The van der Waals surface area contributed by atoms with E-state index in [-0.39, 0.29) is 11.7 Å². The third kappa shape index (κ3) is 4.23. The number of anilines is 1. The van der Waals surface area contributed by atoms with Crippen LogP contribution in [0.2, 0.25) is 0 Å². The van der Waals surface area contributed by atoms with Gasteiger partial charge in [-0.25, -0.2) is 14.4 Å². The van der Waals surface area contributed by atoms with Crippen LogP contribution in [0.3, 0.4) is 0 Å². The minimum Gasteiger partial charge on any atom is -0.321 e. The van der Waals surface area contributed by atoms with Gasteiger partial charge in [-0.15, -0.1) is 0 Å². The average molecular weight is 527 g/mol. The molecule has 40 heavy (non-hydrogen) atoms. The molecule has 5 aromatic heterocycles. The molecule has 0 bridgehead atoms. The van der Waals surface area contributed by atoms with Gasteiger partial charge in [-0.1, -0.05) is 30.3 Å². The van der Waals surface area contributed by atoms with Crippen molar-refractivity contribution in [1.82, 2.24) is 35.1 Å². The second-order valence-electron chi connectivity index (χ2n) is 9.12. The van der Waals surface area contributed by atoms with Crippen LogP contribution in [0.15, 0.2) is 97.6 Å². The summed E-state index contributed by atoms with van der Waals surface area (Å²) in [4.78, 5) is 34.0. The van der Waals surface area contributed by atoms with Gasteiger partial charge in [0.25, 0.3) is 5.91 Å². The molecule has 3 N–H and O–H groups in total. The lowest BCUT2D eigenvalue weighted by Gasteiger charge is -2.07. The van der Waals surface area contributed by atoms with E-state index in [1.54, 1.807) is 49.1 Å². The van der Waals surface area contributed by atoms with Crippen LogP contribution in [-0.4, -0.2) is 41.0 Å². The first-order chi connectivity index (χ1) is 19.6. The Bertz CT molecular complexity index is 2020. The molecule has 10 heteroatoms. The Morgan fingerprint density at radius 2 is 1.73 bits per heavy atom. The highest BCUT2D eigenvalue weighted by atomic mass is 19.1. The van der Waals surface area contributed by atoms with Gasteiger partial charge < -0.3 is 10.3 Å². The van der Waals surface area contributed by atoms with E-state index in [0.717, 1.165) is 27.6 Å². The number of fused-ring (bicyclic) bond motifs is 2. The lowest BCUT2D eigenvalue weighted by molar-refractivity contribution is 0.102. The van der Waals surface area contributed by atoms with Crippen molar-refractivity contribution in [2.75, 3.05) is 5.32 Å². The Morgan fingerprint density at radius 3 is 2.58 bits per heavy atom. The lowest BCUT2D eigenvalue weighted by atomic mass is 10.1. The fourth-order valence-electron chi connectivity index (χ4n) is 4.58. The van der Waals surface area contributed by atoms with Crippen molar-refractivity contribution in [3.05, 3.63) is 109 Å². The maximum absolute atomic E-state index is 13.5. The number of amides is 1. The Balaban J connectivity index is 1.25. The van der Waals surface area contributed by atoms with Crippen molar-refractivity contribution in [1.29, 1.82) is 0 Å². The quantitative estimate of drug-likeness (QED) is 0.252. The van der Waals surface area contributed by atoms with Gasteiger partial charge >= 0.3 is 0 Å². The predicted octanol–water partition coefficient (Wildman–Crippen LogP) is 6.02. The number of imidazole rings is 1. The van der Waals surface area contributed by atoms with Gasteiger partial charge in [0, 0.05) is 34.5 Å². The summed E-state index contributed by atoms with van der Waals surface area (Å²) in [6, 6.07) is 20.8. The number of halogens is 1. The van der Waals surface area contributed by atoms with Gasteiger partial charge in [0.2, 0.25) is 0 Å². The molecule has 192 valence electrons. The number of hydrogen-bond donors (Lipinski definition) is 3. The third-order valence-corrected chi connectivity index (χ3v) is 6.54. The van der Waals surface area contributed by atoms with Crippen molar-refractivity contribution in [3.63, 3.8) is 0 Å². The second-order valence-corrected chi connectivity index (χ2v) is 9.12. The molecule has 7 aromatic rings. The molecule has 0 saturated carbocycles. The summed E-state index contributed by atoms with van der Waals surface area (Å²) in [6.07, 6.45) is 6.66. The summed E-state index contributed by atoms with van der Waals surface area (Å²) in [6.45, 7) is 0. The number of nitrogens with zero attached hydrogens (tertiary/aromatic N) is 5. The lowest BCUT2D eigenvalue weighted by Crippen LogP contribution is -2.11. The van der Waals surface area contributed by atoms with Crippen LogP contribution in [0.4, 0.5) is 10.1 Å². The summed E-state index contributed by atoms with van der Waals surface area (Å²) in [5, 5.41) is 11.2. The highest BCUT2D eigenvalue weighted by Gasteiger charge is 2.17. The van der Waals surface area contributed by atoms with Crippen LogP contribution in [0.1, 0.15) is 10.4 Å². The zero-order valence-electron chi connectivity index (χ0n) is 20.8. The Hall–Kier alpha value is -5.77. The van der Waals surface area contributed by atoms with E-state index in [4.69, 9.17) is 4.98 Å². The van der Waals surface area contributed by atoms with E-state index >= 15 is 0 Å². The minimum absolute atomic E-state index is 0.224. The number of nitrogens with one attached hydrogen (secondary N) is 3. The molecule has 0 aliphatic rings. The van der Waals surface area contributed by atoms with Crippen LogP contribution >= 0.6 is 0 Å². The number of carbonyl (C=O) groups is 1. The maximum atomic E-state index is 13.5. The fraction of sp³-hybridized carbons (Fsp3) is 0. The van der Waals surface area contributed by atoms with Crippen molar-refractivity contribution in [3.8, 4) is 33.9 Å². The molecule has 1 amide bonds. The minimum atomic E-state index is -0.302. The zero-order chi connectivity index (χ0) is 27.1. The van der Waals surface area contributed by atoms with Crippen molar-refractivity contribution < 1.29 is 9.18 Å². The van der Waals surface area contributed by atoms with Crippen LogP contribution < -0.4 is 5.32 Å². The van der Waals surface area contributed by atoms with Gasteiger partial charge in [0.05, 0.1) is 29.3 Å². The van der Waals surface area contributed by atoms with Crippen molar-refractivity contribution in [2.45, 2.75) is 0 Å². The number of aromatic nitrogens is 7. The second kappa shape index (κ2) is 9.52. The Labute approximate surface area is 226 Å². The Kier molecular flexibility index (Phi) is 5.56. The number of aromatic amines is 2. The predicted molar refractivity (Wildman–Crippen MR) is 150 cm³/mol. The third-order valence-electron chi connectivity index (χ3n) is 6.54. The number of pyridine rings is 3. The normalized spacial score (nSPS) is 11.2. The first kappa shape index (κ1) is 23.4. The first-order valence-corrected chi connectivity index (χ1v) is 12.4. The summed E-state index contributed by atoms with van der Waals surface area (Å²) >= 11 is 0. The van der Waals surface area contributed by atoms with Gasteiger partial charge in [0.15, 0.2) is 11.5 Å². The van der Waals surface area contributed by atoms with Gasteiger partial charge in [0.1, 0.15) is 17.0 Å². The first-order valence-electron chi connectivity index (χ1n) is 12.4. The van der Waals surface area contributed by atoms with Crippen molar-refractivity contribution >= 4 is 33.7 Å². The molecule has 0 saturated heterocycles. The van der Waals surface area contributed by atoms with E-state index in [9.17, 15) is 9.18 Å². The Morgan fingerprint density at radius 1 is 0.875 bits per heavy atom. The van der Waals surface area contributed by atoms with Crippen molar-refractivity contribution in [2.24, 2.45) is 0 Å². The van der Waals surface area contributed by atoms with Gasteiger partial charge in [-0.05, 0) is 48.0 Å². The van der Waals surface area contributed by atoms with Gasteiger partial charge in [-0.2, -0.15) is 5.10 Å².